The number of Topliss-reactive ketones (excluding diaryl/α,β-unsaturated/α-hetero) is 1. The van der Waals surface area contributed by atoms with Crippen molar-refractivity contribution in [3.05, 3.63) is 34.8 Å². The van der Waals surface area contributed by atoms with Crippen LogP contribution in [0.15, 0.2) is 23.4 Å². The summed E-state index contributed by atoms with van der Waals surface area (Å²) in [4.78, 5) is 31.3. The fraction of sp³-hybridized carbons (Fsp3) is 0.781. The third-order valence-corrected chi connectivity index (χ3v) is 13.5. The molecule has 202 valence electrons. The minimum Gasteiger partial charge on any atom is -0.307 e. The van der Waals surface area contributed by atoms with Gasteiger partial charge in [0, 0.05) is 39.6 Å². The Morgan fingerprint density at radius 1 is 1.00 bits per heavy atom. The van der Waals surface area contributed by atoms with Crippen LogP contribution in [0.1, 0.15) is 93.4 Å². The van der Waals surface area contributed by atoms with E-state index in [1.54, 1.807) is 0 Å². The van der Waals surface area contributed by atoms with Crippen LogP contribution in [0.2, 0.25) is 0 Å². The van der Waals surface area contributed by atoms with Crippen molar-refractivity contribution in [2.24, 2.45) is 50.2 Å². The van der Waals surface area contributed by atoms with Crippen LogP contribution in [0.4, 0.5) is 0 Å². The summed E-state index contributed by atoms with van der Waals surface area (Å²) in [6.45, 7) is 23.4. The first kappa shape index (κ1) is 27.0. The Balaban J connectivity index is 1.69. The number of allylic oxidation sites excluding steroid dienone is 4. The summed E-state index contributed by atoms with van der Waals surface area (Å²) in [5, 5.41) is 0. The van der Waals surface area contributed by atoms with Crippen LogP contribution in [-0.2, 0) is 20.4 Å². The number of hydrogen-bond acceptors (Lipinski definition) is 3. The molecular weight excluding hydrogens is 478 g/mol. The Bertz CT molecular complexity index is 1200. The molecule has 0 aromatic rings. The summed E-state index contributed by atoms with van der Waals surface area (Å²) in [6.07, 6.45) is 12.8. The summed E-state index contributed by atoms with van der Waals surface area (Å²) < 4.78 is 12.6. The van der Waals surface area contributed by atoms with Crippen molar-refractivity contribution in [2.75, 3.05) is 12.0 Å². The molecule has 5 heteroatoms. The maximum atomic E-state index is 14.4. The molecule has 0 saturated heterocycles. The minimum absolute atomic E-state index is 0.0196. The van der Waals surface area contributed by atoms with Crippen molar-refractivity contribution in [3.63, 3.8) is 0 Å². The molecule has 0 radical (unpaired) electrons. The van der Waals surface area contributed by atoms with E-state index in [1.165, 1.54) is 0 Å². The van der Waals surface area contributed by atoms with Gasteiger partial charge < -0.3 is 4.79 Å². The van der Waals surface area contributed by atoms with Gasteiger partial charge in [-0.2, -0.15) is 0 Å². The summed E-state index contributed by atoms with van der Waals surface area (Å²) in [5.41, 5.74) is 0.0451. The highest BCUT2D eigenvalue weighted by Crippen LogP contribution is 2.74. The van der Waals surface area contributed by atoms with Crippen molar-refractivity contribution in [2.45, 2.75) is 93.4 Å². The average Bonchev–Trinajstić information content (AvgIpc) is 2.78. The zero-order valence-electron chi connectivity index (χ0n) is 24.1. The number of fused-ring (bicyclic) bond motifs is 7. The molecule has 5 rings (SSSR count). The van der Waals surface area contributed by atoms with Gasteiger partial charge in [0.05, 0.1) is 6.57 Å². The van der Waals surface area contributed by atoms with Gasteiger partial charge in [0.15, 0.2) is 11.6 Å². The van der Waals surface area contributed by atoms with Gasteiger partial charge in [-0.05, 0) is 84.5 Å². The normalized spacial score (nSPS) is 46.7. The lowest BCUT2D eigenvalue weighted by molar-refractivity contribution is -0.167. The second-order valence-corrected chi connectivity index (χ2v) is 16.7. The predicted molar refractivity (Wildman–Crippen MR) is 149 cm³/mol. The zero-order valence-corrected chi connectivity index (χ0v) is 24.9. The van der Waals surface area contributed by atoms with Gasteiger partial charge in [-0.3, -0.25) is 9.00 Å². The monoisotopic (exact) mass is 523 g/mol. The highest BCUT2D eigenvalue weighted by molar-refractivity contribution is 7.84. The summed E-state index contributed by atoms with van der Waals surface area (Å²) in [5.74, 6) is 1.13. The number of carbonyl (C=O) groups excluding carboxylic acids is 2. The Kier molecular flexibility index (Phi) is 5.84. The molecule has 0 amide bonds. The van der Waals surface area contributed by atoms with E-state index in [1.807, 2.05) is 32.3 Å². The van der Waals surface area contributed by atoms with Crippen LogP contribution < -0.4 is 0 Å². The third kappa shape index (κ3) is 3.46. The molecule has 3 fully saturated rings. The van der Waals surface area contributed by atoms with Gasteiger partial charge in [-0.1, -0.05) is 60.1 Å². The molecule has 0 bridgehead atoms. The fourth-order valence-electron chi connectivity index (χ4n) is 10.4. The zero-order chi connectivity index (χ0) is 27.4. The van der Waals surface area contributed by atoms with E-state index in [2.05, 4.69) is 39.5 Å². The summed E-state index contributed by atoms with van der Waals surface area (Å²) >= 11 is 0. The molecule has 5 aliphatic carbocycles. The SMILES string of the molecule is [C-]#[N+]C1=C[C@]2(C)C3=CC(=O)[C@@H]4[C@@H]5CC(C)(C)CC[C@]5(CS(C)=O)CC[C@@]4(C)[C@]3(C)CC[C@H]2C(C)(C)C1=O. The number of carbonyl (C=O) groups is 2. The summed E-state index contributed by atoms with van der Waals surface area (Å²) in [7, 11) is -0.895. The van der Waals surface area contributed by atoms with Crippen molar-refractivity contribution >= 4 is 22.4 Å². The topological polar surface area (TPSA) is 55.6 Å². The fourth-order valence-corrected chi connectivity index (χ4v) is 11.7. The molecule has 0 aromatic carbocycles. The number of nitrogens with zero attached hydrogens (tertiary/aromatic N) is 1. The second kappa shape index (κ2) is 8.00. The van der Waals surface area contributed by atoms with Gasteiger partial charge in [-0.15, -0.1) is 0 Å². The van der Waals surface area contributed by atoms with Crippen molar-refractivity contribution < 1.29 is 13.8 Å². The van der Waals surface area contributed by atoms with Crippen LogP contribution in [0.3, 0.4) is 0 Å². The van der Waals surface area contributed by atoms with Gasteiger partial charge in [0.25, 0.3) is 0 Å². The Labute approximate surface area is 226 Å². The maximum absolute atomic E-state index is 14.4. The second-order valence-electron chi connectivity index (χ2n) is 15.3. The molecule has 0 N–H and O–H groups in total. The first-order chi connectivity index (χ1) is 17.0. The number of ketones is 2. The molecule has 1 unspecified atom stereocenters. The van der Waals surface area contributed by atoms with E-state index in [-0.39, 0.29) is 56.7 Å². The molecule has 37 heavy (non-hydrogen) atoms. The highest BCUT2D eigenvalue weighted by atomic mass is 32.2. The Morgan fingerprint density at radius 3 is 2.27 bits per heavy atom. The van der Waals surface area contributed by atoms with Crippen LogP contribution in [0, 0.1) is 56.8 Å². The van der Waals surface area contributed by atoms with Crippen LogP contribution >= 0.6 is 0 Å². The maximum Gasteiger partial charge on any atom is 0.226 e. The van der Waals surface area contributed by atoms with E-state index in [9.17, 15) is 13.8 Å². The lowest BCUT2D eigenvalue weighted by Crippen LogP contribution is -2.65. The molecule has 8 atom stereocenters. The lowest BCUT2D eigenvalue weighted by atomic mass is 9.34. The summed E-state index contributed by atoms with van der Waals surface area (Å²) in [6, 6.07) is 0. The quantitative estimate of drug-likeness (QED) is 0.369. The van der Waals surface area contributed by atoms with Gasteiger partial charge in [-0.25, -0.2) is 4.85 Å². The van der Waals surface area contributed by atoms with E-state index < -0.39 is 21.6 Å². The number of hydrogen-bond donors (Lipinski definition) is 0. The van der Waals surface area contributed by atoms with Crippen LogP contribution in [0.5, 0.6) is 0 Å². The molecule has 5 aliphatic rings. The van der Waals surface area contributed by atoms with Crippen molar-refractivity contribution in [3.8, 4) is 0 Å². The van der Waals surface area contributed by atoms with E-state index in [0.29, 0.717) is 5.75 Å². The first-order valence-corrected chi connectivity index (χ1v) is 15.9. The lowest BCUT2D eigenvalue weighted by Gasteiger charge is -2.69. The third-order valence-electron chi connectivity index (χ3n) is 12.5. The van der Waals surface area contributed by atoms with Crippen molar-refractivity contribution in [1.29, 1.82) is 0 Å². The van der Waals surface area contributed by atoms with Gasteiger partial charge >= 0.3 is 0 Å². The first-order valence-electron chi connectivity index (χ1n) is 14.2. The Morgan fingerprint density at radius 2 is 1.65 bits per heavy atom. The standard InChI is InChI=1S/C32H45NO3S/c1-27(2)12-14-32(19-37(9)36)15-13-31(7)25(20(32)17-27)22(34)16-24-29(5)18-21(33-8)26(35)28(3,4)23(29)10-11-30(24,31)6/h16,18,20,23,25H,10-15,17,19H2,1-7,9H3/t20-,23-,25-,29-,30+,31+,32+,37?/m0/s1. The largest absolute Gasteiger partial charge is 0.307 e. The molecule has 3 saturated carbocycles. The van der Waals surface area contributed by atoms with E-state index in [0.717, 1.165) is 50.5 Å². The van der Waals surface area contributed by atoms with Crippen molar-refractivity contribution in [1.82, 2.24) is 0 Å². The van der Waals surface area contributed by atoms with E-state index >= 15 is 0 Å². The highest BCUT2D eigenvalue weighted by Gasteiger charge is 2.69. The van der Waals surface area contributed by atoms with Crippen LogP contribution in [-0.4, -0.2) is 27.8 Å². The van der Waals surface area contributed by atoms with Gasteiger partial charge in [0.2, 0.25) is 5.70 Å². The Hall–Kier alpha value is -1.54. The molecule has 0 heterocycles. The molecule has 4 nitrogen and oxygen atoms in total. The van der Waals surface area contributed by atoms with Gasteiger partial charge in [0.1, 0.15) is 0 Å². The molecular formula is C32H45NO3S. The molecule has 0 aliphatic heterocycles. The predicted octanol–water partition coefficient (Wildman–Crippen LogP) is 6.94. The van der Waals surface area contributed by atoms with E-state index in [4.69, 9.17) is 6.57 Å². The van der Waals surface area contributed by atoms with Crippen LogP contribution in [0.25, 0.3) is 4.85 Å². The number of rotatable bonds is 2. The molecule has 0 aromatic heterocycles. The smallest absolute Gasteiger partial charge is 0.226 e. The average molecular weight is 524 g/mol. The molecule has 0 spiro atoms. The minimum atomic E-state index is -0.895.